The second kappa shape index (κ2) is 2.37. The number of piperidine rings is 1. The van der Waals surface area contributed by atoms with Crippen molar-refractivity contribution in [2.45, 2.75) is 37.4 Å². The fraction of sp³-hybridized carbons (Fsp3) is 1.00. The Balaban J connectivity index is 1.90. The lowest BCUT2D eigenvalue weighted by Crippen LogP contribution is -2.45. The number of hydrogen-bond acceptors (Lipinski definition) is 1. The Morgan fingerprint density at radius 2 is 1.83 bits per heavy atom. The first kappa shape index (κ1) is 8.35. The Morgan fingerprint density at radius 1 is 1.17 bits per heavy atom. The zero-order valence-corrected chi connectivity index (χ0v) is 6.75. The van der Waals surface area contributed by atoms with Gasteiger partial charge in [-0.05, 0) is 25.7 Å². The van der Waals surface area contributed by atoms with Crippen LogP contribution in [-0.2, 0) is 0 Å². The van der Waals surface area contributed by atoms with Crippen molar-refractivity contribution in [3.05, 3.63) is 0 Å². The first-order valence-electron chi connectivity index (χ1n) is 4.34. The first-order chi connectivity index (χ1) is 5.52. The van der Waals surface area contributed by atoms with Gasteiger partial charge in [0.05, 0.1) is 5.92 Å². The second-order valence-corrected chi connectivity index (χ2v) is 3.94. The Morgan fingerprint density at radius 3 is 2.17 bits per heavy atom. The van der Waals surface area contributed by atoms with E-state index in [1.807, 2.05) is 0 Å². The molecule has 1 heterocycles. The van der Waals surface area contributed by atoms with Gasteiger partial charge in [0.2, 0.25) is 0 Å². The van der Waals surface area contributed by atoms with Crippen molar-refractivity contribution < 1.29 is 13.2 Å². The van der Waals surface area contributed by atoms with Crippen LogP contribution in [0.2, 0.25) is 0 Å². The first-order valence-corrected chi connectivity index (χ1v) is 4.34. The molecule has 0 bridgehead atoms. The molecule has 1 spiro atoms. The van der Waals surface area contributed by atoms with Crippen molar-refractivity contribution in [1.82, 2.24) is 5.32 Å². The maximum absolute atomic E-state index is 12.2. The van der Waals surface area contributed by atoms with Crippen LogP contribution in [0, 0.1) is 5.92 Å². The lowest BCUT2D eigenvalue weighted by atomic mass is 9.93. The Bertz CT molecular complexity index is 173. The number of rotatable bonds is 0. The minimum Gasteiger partial charge on any atom is -0.311 e. The summed E-state index contributed by atoms with van der Waals surface area (Å²) in [5.41, 5.74) is 0.127. The van der Waals surface area contributed by atoms with Gasteiger partial charge in [0.1, 0.15) is 0 Å². The van der Waals surface area contributed by atoms with Crippen molar-refractivity contribution in [2.24, 2.45) is 5.92 Å². The second-order valence-electron chi connectivity index (χ2n) is 3.94. The molecule has 1 N–H and O–H groups in total. The van der Waals surface area contributed by atoms with Crippen molar-refractivity contribution in [2.75, 3.05) is 6.54 Å². The van der Waals surface area contributed by atoms with Crippen LogP contribution in [0.3, 0.4) is 0 Å². The van der Waals surface area contributed by atoms with Crippen LogP contribution in [0.4, 0.5) is 13.2 Å². The molecule has 1 unspecified atom stereocenters. The van der Waals surface area contributed by atoms with E-state index < -0.39 is 12.1 Å². The van der Waals surface area contributed by atoms with E-state index in [-0.39, 0.29) is 12.1 Å². The van der Waals surface area contributed by atoms with Gasteiger partial charge in [0.25, 0.3) is 0 Å². The summed E-state index contributed by atoms with van der Waals surface area (Å²) in [6.07, 6.45) is -0.841. The molecule has 4 heteroatoms. The molecule has 2 rings (SSSR count). The number of nitrogens with one attached hydrogen (secondary N) is 1. The van der Waals surface area contributed by atoms with E-state index in [2.05, 4.69) is 5.32 Å². The molecule has 1 nitrogen and oxygen atoms in total. The summed E-state index contributed by atoms with van der Waals surface area (Å²) in [5.74, 6) is -1.11. The molecule has 2 fully saturated rings. The van der Waals surface area contributed by atoms with Gasteiger partial charge >= 0.3 is 6.18 Å². The van der Waals surface area contributed by atoms with Crippen molar-refractivity contribution >= 4 is 0 Å². The van der Waals surface area contributed by atoms with Crippen LogP contribution in [0.5, 0.6) is 0 Å². The monoisotopic (exact) mass is 179 g/mol. The Kier molecular flexibility index (Phi) is 1.65. The summed E-state index contributed by atoms with van der Waals surface area (Å²) in [5, 5.41) is 3.01. The van der Waals surface area contributed by atoms with E-state index in [1.165, 1.54) is 0 Å². The smallest absolute Gasteiger partial charge is 0.311 e. The average molecular weight is 179 g/mol. The summed E-state index contributed by atoms with van der Waals surface area (Å²) in [7, 11) is 0. The maximum atomic E-state index is 12.2. The third-order valence-corrected chi connectivity index (χ3v) is 3.01. The summed E-state index contributed by atoms with van der Waals surface area (Å²) in [6.45, 7) is 0.128. The summed E-state index contributed by atoms with van der Waals surface area (Å²) in [6, 6.07) is 0. The van der Waals surface area contributed by atoms with Gasteiger partial charge in [0, 0.05) is 12.1 Å². The molecule has 1 saturated heterocycles. The Labute approximate surface area is 69.3 Å². The van der Waals surface area contributed by atoms with Crippen LogP contribution in [-0.4, -0.2) is 18.3 Å². The zero-order valence-electron chi connectivity index (χ0n) is 6.75. The maximum Gasteiger partial charge on any atom is 0.393 e. The standard InChI is InChI=1S/C8H12F3N/c9-8(10,11)6-1-2-7(3-4-7)12-5-6/h6,12H,1-5H2. The van der Waals surface area contributed by atoms with Crippen molar-refractivity contribution in [3.8, 4) is 0 Å². The highest BCUT2D eigenvalue weighted by Crippen LogP contribution is 2.45. The highest BCUT2D eigenvalue weighted by molar-refractivity contribution is 5.05. The molecule has 2 aliphatic rings. The highest BCUT2D eigenvalue weighted by atomic mass is 19.4. The van der Waals surface area contributed by atoms with Gasteiger partial charge in [-0.2, -0.15) is 13.2 Å². The van der Waals surface area contributed by atoms with Gasteiger partial charge in [-0.1, -0.05) is 0 Å². The summed E-state index contributed by atoms with van der Waals surface area (Å²) >= 11 is 0. The molecule has 1 saturated carbocycles. The van der Waals surface area contributed by atoms with E-state index in [1.54, 1.807) is 0 Å². The number of alkyl halides is 3. The van der Waals surface area contributed by atoms with Gasteiger partial charge in [0.15, 0.2) is 0 Å². The molecule has 1 aliphatic carbocycles. The van der Waals surface area contributed by atoms with Gasteiger partial charge in [-0.15, -0.1) is 0 Å². The van der Waals surface area contributed by atoms with Crippen molar-refractivity contribution in [3.63, 3.8) is 0 Å². The molecule has 0 amide bonds. The molecule has 1 aliphatic heterocycles. The third-order valence-electron chi connectivity index (χ3n) is 3.01. The molecular formula is C8H12F3N. The van der Waals surface area contributed by atoms with E-state index in [4.69, 9.17) is 0 Å². The molecule has 0 aromatic carbocycles. The Hall–Kier alpha value is -0.250. The topological polar surface area (TPSA) is 12.0 Å². The van der Waals surface area contributed by atoms with E-state index in [0.717, 1.165) is 12.8 Å². The molecule has 70 valence electrons. The normalized spacial score (nSPS) is 33.8. The van der Waals surface area contributed by atoms with Crippen LogP contribution in [0.15, 0.2) is 0 Å². The van der Waals surface area contributed by atoms with E-state index >= 15 is 0 Å². The van der Waals surface area contributed by atoms with Gasteiger partial charge in [-0.3, -0.25) is 0 Å². The number of halogens is 3. The van der Waals surface area contributed by atoms with Crippen LogP contribution >= 0.6 is 0 Å². The average Bonchev–Trinajstić information content (AvgIpc) is 2.68. The van der Waals surface area contributed by atoms with Crippen molar-refractivity contribution in [1.29, 1.82) is 0 Å². The fourth-order valence-corrected chi connectivity index (χ4v) is 1.84. The van der Waals surface area contributed by atoms with Crippen LogP contribution in [0.25, 0.3) is 0 Å². The predicted molar refractivity (Wildman–Crippen MR) is 38.7 cm³/mol. The summed E-state index contributed by atoms with van der Waals surface area (Å²) in [4.78, 5) is 0. The third kappa shape index (κ3) is 1.44. The zero-order chi connectivity index (χ0) is 8.82. The molecule has 1 atom stereocenters. The molecule has 0 aromatic rings. The fourth-order valence-electron chi connectivity index (χ4n) is 1.84. The molecule has 12 heavy (non-hydrogen) atoms. The predicted octanol–water partition coefficient (Wildman–Crippen LogP) is 2.08. The van der Waals surface area contributed by atoms with Gasteiger partial charge in [-0.25, -0.2) is 0 Å². The minimum atomic E-state index is -4.00. The SMILES string of the molecule is FC(F)(F)C1CCC2(CC2)NC1. The molecule has 0 radical (unpaired) electrons. The van der Waals surface area contributed by atoms with Crippen LogP contribution in [0.1, 0.15) is 25.7 Å². The lowest BCUT2D eigenvalue weighted by Gasteiger charge is -2.31. The quantitative estimate of drug-likeness (QED) is 0.600. The molecular weight excluding hydrogens is 167 g/mol. The summed E-state index contributed by atoms with van der Waals surface area (Å²) < 4.78 is 36.5. The highest BCUT2D eigenvalue weighted by Gasteiger charge is 2.50. The largest absolute Gasteiger partial charge is 0.393 e. The molecule has 0 aromatic heterocycles. The van der Waals surface area contributed by atoms with E-state index in [0.29, 0.717) is 12.8 Å². The number of hydrogen-bond donors (Lipinski definition) is 1. The van der Waals surface area contributed by atoms with Crippen LogP contribution < -0.4 is 5.32 Å². The van der Waals surface area contributed by atoms with E-state index in [9.17, 15) is 13.2 Å². The van der Waals surface area contributed by atoms with Gasteiger partial charge < -0.3 is 5.32 Å². The minimum absolute atomic E-state index is 0.127. The lowest BCUT2D eigenvalue weighted by molar-refractivity contribution is -0.180.